The van der Waals surface area contributed by atoms with Gasteiger partial charge >= 0.3 is 5.97 Å². The van der Waals surface area contributed by atoms with Gasteiger partial charge in [0.1, 0.15) is 5.82 Å². The lowest BCUT2D eigenvalue weighted by Gasteiger charge is -2.08. The monoisotopic (exact) mass is 248 g/mol. The third-order valence-electron chi connectivity index (χ3n) is 3.31. The molecule has 1 heterocycles. The van der Waals surface area contributed by atoms with Crippen LogP contribution in [0.3, 0.4) is 0 Å². The highest BCUT2D eigenvalue weighted by molar-refractivity contribution is 5.90. The van der Waals surface area contributed by atoms with Crippen LogP contribution in [0.15, 0.2) is 6.20 Å². The number of carbonyl (C=O) groups is 1. The molecule has 2 rings (SSSR count). The van der Waals surface area contributed by atoms with Crippen molar-refractivity contribution in [2.24, 2.45) is 5.92 Å². The van der Waals surface area contributed by atoms with Crippen LogP contribution >= 0.6 is 0 Å². The molecule has 0 spiro atoms. The molecule has 2 unspecified atom stereocenters. The predicted octanol–water partition coefficient (Wildman–Crippen LogP) is 2.73. The van der Waals surface area contributed by atoms with Gasteiger partial charge < -0.3 is 4.74 Å². The molecular weight excluding hydrogens is 228 g/mol. The summed E-state index contributed by atoms with van der Waals surface area (Å²) < 4.78 is 5.03. The van der Waals surface area contributed by atoms with Crippen LogP contribution in [0.1, 0.15) is 61.4 Å². The predicted molar refractivity (Wildman–Crippen MR) is 68.5 cm³/mol. The van der Waals surface area contributed by atoms with Crippen LogP contribution in [0.25, 0.3) is 0 Å². The van der Waals surface area contributed by atoms with Gasteiger partial charge in [-0.2, -0.15) is 0 Å². The van der Waals surface area contributed by atoms with Gasteiger partial charge in [0.25, 0.3) is 0 Å². The molecule has 0 aromatic carbocycles. The van der Waals surface area contributed by atoms with E-state index >= 15 is 0 Å². The van der Waals surface area contributed by atoms with E-state index in [0.29, 0.717) is 24.0 Å². The SMILES string of the molecule is CCCc1nc(C2CC2C)ncc1C(=O)OCC. The van der Waals surface area contributed by atoms with Crippen LogP contribution in [-0.2, 0) is 11.2 Å². The first-order valence-corrected chi connectivity index (χ1v) is 6.70. The van der Waals surface area contributed by atoms with E-state index in [2.05, 4.69) is 23.8 Å². The zero-order chi connectivity index (χ0) is 13.1. The lowest BCUT2D eigenvalue weighted by atomic mass is 10.1. The Morgan fingerprint density at radius 3 is 2.78 bits per heavy atom. The van der Waals surface area contributed by atoms with Crippen LogP contribution in [-0.4, -0.2) is 22.5 Å². The summed E-state index contributed by atoms with van der Waals surface area (Å²) in [5, 5.41) is 0. The Hall–Kier alpha value is -1.45. The van der Waals surface area contributed by atoms with Crippen molar-refractivity contribution in [3.05, 3.63) is 23.3 Å². The number of hydrogen-bond donors (Lipinski definition) is 0. The van der Waals surface area contributed by atoms with E-state index in [-0.39, 0.29) is 5.97 Å². The maximum absolute atomic E-state index is 11.8. The van der Waals surface area contributed by atoms with Gasteiger partial charge in [-0.25, -0.2) is 14.8 Å². The van der Waals surface area contributed by atoms with Gasteiger partial charge in [0.2, 0.25) is 0 Å². The Morgan fingerprint density at radius 2 is 2.22 bits per heavy atom. The zero-order valence-corrected chi connectivity index (χ0v) is 11.3. The number of aromatic nitrogens is 2. The fourth-order valence-corrected chi connectivity index (χ4v) is 2.10. The minimum absolute atomic E-state index is 0.309. The first-order chi connectivity index (χ1) is 8.67. The Kier molecular flexibility index (Phi) is 3.94. The summed E-state index contributed by atoms with van der Waals surface area (Å²) in [5.41, 5.74) is 1.36. The average molecular weight is 248 g/mol. The summed E-state index contributed by atoms with van der Waals surface area (Å²) in [7, 11) is 0. The minimum Gasteiger partial charge on any atom is -0.462 e. The largest absolute Gasteiger partial charge is 0.462 e. The van der Waals surface area contributed by atoms with Gasteiger partial charge in [0.15, 0.2) is 0 Å². The summed E-state index contributed by atoms with van der Waals surface area (Å²) in [6, 6.07) is 0. The Bertz CT molecular complexity index is 445. The summed E-state index contributed by atoms with van der Waals surface area (Å²) in [6.45, 7) is 6.47. The summed E-state index contributed by atoms with van der Waals surface area (Å²) in [6.07, 6.45) is 4.55. The number of carbonyl (C=O) groups excluding carboxylic acids is 1. The van der Waals surface area contributed by atoms with Gasteiger partial charge in [-0.3, -0.25) is 0 Å². The van der Waals surface area contributed by atoms with Gasteiger partial charge in [-0.05, 0) is 25.7 Å². The maximum atomic E-state index is 11.8. The van der Waals surface area contributed by atoms with Gasteiger partial charge in [0.05, 0.1) is 17.9 Å². The summed E-state index contributed by atoms with van der Waals surface area (Å²) >= 11 is 0. The smallest absolute Gasteiger partial charge is 0.341 e. The number of esters is 1. The fraction of sp³-hybridized carbons (Fsp3) is 0.643. The molecule has 4 heteroatoms. The fourth-order valence-electron chi connectivity index (χ4n) is 2.10. The molecule has 1 aromatic rings. The quantitative estimate of drug-likeness (QED) is 0.752. The second-order valence-corrected chi connectivity index (χ2v) is 4.88. The molecular formula is C14H20N2O2. The Balaban J connectivity index is 2.26. The highest BCUT2D eigenvalue weighted by Crippen LogP contribution is 2.45. The van der Waals surface area contributed by atoms with Crippen LogP contribution < -0.4 is 0 Å². The lowest BCUT2D eigenvalue weighted by Crippen LogP contribution is -2.12. The Labute approximate surface area is 108 Å². The average Bonchev–Trinajstić information content (AvgIpc) is 3.07. The van der Waals surface area contributed by atoms with Crippen molar-refractivity contribution < 1.29 is 9.53 Å². The van der Waals surface area contributed by atoms with Gasteiger partial charge in [-0.15, -0.1) is 0 Å². The van der Waals surface area contributed by atoms with E-state index in [1.807, 2.05) is 0 Å². The normalized spacial score (nSPS) is 21.7. The van der Waals surface area contributed by atoms with E-state index in [1.54, 1.807) is 13.1 Å². The van der Waals surface area contributed by atoms with Gasteiger partial charge in [0, 0.05) is 12.1 Å². The molecule has 0 saturated heterocycles. The van der Waals surface area contributed by atoms with E-state index in [1.165, 1.54) is 0 Å². The van der Waals surface area contributed by atoms with Crippen molar-refractivity contribution >= 4 is 5.97 Å². The second-order valence-electron chi connectivity index (χ2n) is 4.88. The first-order valence-electron chi connectivity index (χ1n) is 6.70. The topological polar surface area (TPSA) is 52.1 Å². The van der Waals surface area contributed by atoms with Crippen molar-refractivity contribution in [1.82, 2.24) is 9.97 Å². The first kappa shape index (κ1) is 13.0. The second kappa shape index (κ2) is 5.46. The van der Waals surface area contributed by atoms with E-state index in [4.69, 9.17) is 4.74 Å². The van der Waals surface area contributed by atoms with E-state index in [9.17, 15) is 4.79 Å². The van der Waals surface area contributed by atoms with Gasteiger partial charge in [-0.1, -0.05) is 20.3 Å². The van der Waals surface area contributed by atoms with Crippen LogP contribution in [0.2, 0.25) is 0 Å². The van der Waals surface area contributed by atoms with Crippen LogP contribution in [0.5, 0.6) is 0 Å². The summed E-state index contributed by atoms with van der Waals surface area (Å²) in [5.74, 6) is 1.74. The number of aryl methyl sites for hydroxylation is 1. The molecule has 1 aliphatic carbocycles. The van der Waals surface area contributed by atoms with Crippen molar-refractivity contribution in [1.29, 1.82) is 0 Å². The molecule has 1 aliphatic rings. The molecule has 0 radical (unpaired) electrons. The van der Waals surface area contributed by atoms with Crippen molar-refractivity contribution in [3.8, 4) is 0 Å². The molecule has 98 valence electrons. The number of nitrogens with zero attached hydrogens (tertiary/aromatic N) is 2. The highest BCUT2D eigenvalue weighted by Gasteiger charge is 2.37. The van der Waals surface area contributed by atoms with Crippen molar-refractivity contribution in [2.45, 2.75) is 46.0 Å². The standard InChI is InChI=1S/C14H20N2O2/c1-4-6-12-11(14(17)18-5-2)8-15-13(16-12)10-7-9(10)3/h8-10H,4-7H2,1-3H3. The van der Waals surface area contributed by atoms with Crippen LogP contribution in [0, 0.1) is 5.92 Å². The van der Waals surface area contributed by atoms with E-state index < -0.39 is 0 Å². The van der Waals surface area contributed by atoms with E-state index in [0.717, 1.165) is 30.8 Å². The molecule has 0 amide bonds. The molecule has 18 heavy (non-hydrogen) atoms. The Morgan fingerprint density at radius 1 is 1.50 bits per heavy atom. The zero-order valence-electron chi connectivity index (χ0n) is 11.3. The molecule has 0 aliphatic heterocycles. The van der Waals surface area contributed by atoms with Crippen LogP contribution in [0.4, 0.5) is 0 Å². The number of rotatable bonds is 5. The molecule has 4 nitrogen and oxygen atoms in total. The third kappa shape index (κ3) is 2.68. The minimum atomic E-state index is -0.309. The maximum Gasteiger partial charge on any atom is 0.341 e. The molecule has 1 saturated carbocycles. The molecule has 1 fully saturated rings. The van der Waals surface area contributed by atoms with Crippen molar-refractivity contribution in [2.75, 3.05) is 6.61 Å². The third-order valence-corrected chi connectivity index (χ3v) is 3.31. The lowest BCUT2D eigenvalue weighted by molar-refractivity contribution is 0.0524. The molecule has 0 bridgehead atoms. The number of ether oxygens (including phenoxy) is 1. The molecule has 2 atom stereocenters. The highest BCUT2D eigenvalue weighted by atomic mass is 16.5. The van der Waals surface area contributed by atoms with Crippen molar-refractivity contribution in [3.63, 3.8) is 0 Å². The molecule has 1 aromatic heterocycles. The summed E-state index contributed by atoms with van der Waals surface area (Å²) in [4.78, 5) is 20.7. The number of hydrogen-bond acceptors (Lipinski definition) is 4. The molecule has 0 N–H and O–H groups in total.